The Kier molecular flexibility index (Phi) is 4.91. The summed E-state index contributed by atoms with van der Waals surface area (Å²) in [6.45, 7) is 0.413. The van der Waals surface area contributed by atoms with Crippen molar-refractivity contribution in [2.45, 2.75) is 19.4 Å². The Hall–Kier alpha value is -3.08. The fourth-order valence-electron chi connectivity index (χ4n) is 2.58. The number of urea groups is 1. The molecule has 0 fully saturated rings. The molecule has 0 aliphatic rings. The number of carbonyl (C=O) groups is 1. The molecule has 122 valence electrons. The molecule has 0 spiro atoms. The van der Waals surface area contributed by atoms with Gasteiger partial charge in [0.05, 0.1) is 12.2 Å². The van der Waals surface area contributed by atoms with Crippen molar-refractivity contribution in [2.24, 2.45) is 5.73 Å². The van der Waals surface area contributed by atoms with Gasteiger partial charge in [0.1, 0.15) is 5.82 Å². The largest absolute Gasteiger partial charge is 0.351 e. The maximum absolute atomic E-state index is 11.8. The molecule has 2 amide bonds. The van der Waals surface area contributed by atoms with Crippen LogP contribution in [0.15, 0.2) is 66.7 Å². The lowest BCUT2D eigenvalue weighted by Crippen LogP contribution is -2.35. The van der Waals surface area contributed by atoms with Gasteiger partial charge in [0.25, 0.3) is 0 Å². The number of nitrogens with one attached hydrogen (secondary N) is 1. The van der Waals surface area contributed by atoms with Crippen molar-refractivity contribution < 1.29 is 4.79 Å². The molecule has 5 nitrogen and oxygen atoms in total. The monoisotopic (exact) mass is 320 g/mol. The maximum atomic E-state index is 11.8. The van der Waals surface area contributed by atoms with Gasteiger partial charge in [-0.2, -0.15) is 5.10 Å². The average Bonchev–Trinajstić information content (AvgIpc) is 3.08. The fourth-order valence-corrected chi connectivity index (χ4v) is 2.58. The Bertz CT molecular complexity index is 783. The van der Waals surface area contributed by atoms with Crippen LogP contribution >= 0.6 is 0 Å². The van der Waals surface area contributed by atoms with Gasteiger partial charge in [0, 0.05) is 6.07 Å². The Morgan fingerprint density at radius 1 is 0.958 bits per heavy atom. The summed E-state index contributed by atoms with van der Waals surface area (Å²) >= 11 is 0. The van der Waals surface area contributed by atoms with Crippen LogP contribution in [0.3, 0.4) is 0 Å². The molecule has 0 saturated heterocycles. The second kappa shape index (κ2) is 7.46. The summed E-state index contributed by atoms with van der Waals surface area (Å²) < 4.78 is 0. The van der Waals surface area contributed by atoms with E-state index in [0.717, 1.165) is 24.1 Å². The van der Waals surface area contributed by atoms with Gasteiger partial charge in [-0.1, -0.05) is 60.7 Å². The number of aromatic nitrogens is 2. The third kappa shape index (κ3) is 4.01. The van der Waals surface area contributed by atoms with Gasteiger partial charge in [-0.3, -0.25) is 10.00 Å². The standard InChI is InChI=1S/C19H20N4O/c20-19(24)23(14-16-9-5-2-6-10-16)18-13-17(21-22-18)12-11-15-7-3-1-4-8-15/h1-10,13H,11-12,14H2,(H2,20,24)(H,21,22). The van der Waals surface area contributed by atoms with Crippen molar-refractivity contribution >= 4 is 11.8 Å². The molecule has 1 heterocycles. The van der Waals surface area contributed by atoms with Gasteiger partial charge in [0.2, 0.25) is 0 Å². The first-order valence-electron chi connectivity index (χ1n) is 7.91. The zero-order chi connectivity index (χ0) is 16.8. The summed E-state index contributed by atoms with van der Waals surface area (Å²) in [5.41, 5.74) is 8.71. The van der Waals surface area contributed by atoms with E-state index in [1.807, 2.05) is 54.6 Å². The van der Waals surface area contributed by atoms with Crippen LogP contribution in [-0.2, 0) is 19.4 Å². The second-order valence-electron chi connectivity index (χ2n) is 5.64. The Morgan fingerprint density at radius 3 is 2.21 bits per heavy atom. The van der Waals surface area contributed by atoms with Crippen LogP contribution in [0.25, 0.3) is 0 Å². The summed E-state index contributed by atoms with van der Waals surface area (Å²) in [4.78, 5) is 13.3. The number of H-pyrrole nitrogens is 1. The summed E-state index contributed by atoms with van der Waals surface area (Å²) in [7, 11) is 0. The number of primary amides is 1. The number of aromatic amines is 1. The van der Waals surface area contributed by atoms with E-state index in [1.54, 1.807) is 0 Å². The molecule has 0 radical (unpaired) electrons. The minimum atomic E-state index is -0.503. The fraction of sp³-hybridized carbons (Fsp3) is 0.158. The molecule has 0 atom stereocenters. The molecule has 0 saturated carbocycles. The summed E-state index contributed by atoms with van der Waals surface area (Å²) in [5, 5.41) is 7.22. The highest BCUT2D eigenvalue weighted by Crippen LogP contribution is 2.17. The highest BCUT2D eigenvalue weighted by Gasteiger charge is 2.15. The number of aryl methyl sites for hydroxylation is 2. The highest BCUT2D eigenvalue weighted by atomic mass is 16.2. The first-order valence-corrected chi connectivity index (χ1v) is 7.91. The zero-order valence-electron chi connectivity index (χ0n) is 13.4. The van der Waals surface area contributed by atoms with Crippen molar-refractivity contribution in [1.82, 2.24) is 10.2 Å². The lowest BCUT2D eigenvalue weighted by Gasteiger charge is -2.18. The van der Waals surface area contributed by atoms with Gasteiger partial charge in [0.15, 0.2) is 0 Å². The Labute approximate surface area is 141 Å². The van der Waals surface area contributed by atoms with Crippen LogP contribution in [0.2, 0.25) is 0 Å². The van der Waals surface area contributed by atoms with Crippen LogP contribution in [0, 0.1) is 0 Å². The third-order valence-corrected chi connectivity index (χ3v) is 3.87. The van der Waals surface area contributed by atoms with E-state index in [4.69, 9.17) is 5.73 Å². The van der Waals surface area contributed by atoms with Crippen molar-refractivity contribution in [3.8, 4) is 0 Å². The van der Waals surface area contributed by atoms with Gasteiger partial charge < -0.3 is 5.73 Å². The van der Waals surface area contributed by atoms with E-state index < -0.39 is 6.03 Å². The van der Waals surface area contributed by atoms with Crippen LogP contribution in [0.4, 0.5) is 10.6 Å². The molecular formula is C19H20N4O. The van der Waals surface area contributed by atoms with Crippen LogP contribution < -0.4 is 10.6 Å². The number of benzene rings is 2. The number of carbonyl (C=O) groups excluding carboxylic acids is 1. The third-order valence-electron chi connectivity index (χ3n) is 3.87. The molecular weight excluding hydrogens is 300 g/mol. The summed E-state index contributed by atoms with van der Waals surface area (Å²) in [6.07, 6.45) is 1.71. The smallest absolute Gasteiger partial charge is 0.320 e. The minimum absolute atomic E-state index is 0.413. The lowest BCUT2D eigenvalue weighted by molar-refractivity contribution is 0.253. The van der Waals surface area contributed by atoms with Crippen molar-refractivity contribution in [3.63, 3.8) is 0 Å². The van der Waals surface area contributed by atoms with Crippen LogP contribution in [0.5, 0.6) is 0 Å². The first-order chi connectivity index (χ1) is 11.7. The number of hydrogen-bond acceptors (Lipinski definition) is 2. The molecule has 0 aliphatic heterocycles. The molecule has 2 aromatic carbocycles. The number of amides is 2. The molecule has 0 bridgehead atoms. The molecule has 3 N–H and O–H groups in total. The van der Waals surface area contributed by atoms with Crippen LogP contribution in [-0.4, -0.2) is 16.2 Å². The van der Waals surface area contributed by atoms with Gasteiger partial charge in [-0.15, -0.1) is 0 Å². The molecule has 0 unspecified atom stereocenters. The number of nitrogens with zero attached hydrogens (tertiary/aromatic N) is 2. The quantitative estimate of drug-likeness (QED) is 0.731. The number of hydrogen-bond donors (Lipinski definition) is 2. The molecule has 3 aromatic rings. The normalized spacial score (nSPS) is 10.5. The zero-order valence-corrected chi connectivity index (χ0v) is 13.4. The second-order valence-corrected chi connectivity index (χ2v) is 5.64. The Balaban J connectivity index is 1.68. The molecule has 5 heteroatoms. The SMILES string of the molecule is NC(=O)N(Cc1ccccc1)c1cc(CCc2ccccc2)n[nH]1. The highest BCUT2D eigenvalue weighted by molar-refractivity contribution is 5.89. The summed E-state index contributed by atoms with van der Waals surface area (Å²) in [6, 6.07) is 21.4. The van der Waals surface area contributed by atoms with E-state index in [0.29, 0.717) is 12.4 Å². The van der Waals surface area contributed by atoms with Crippen molar-refractivity contribution in [3.05, 3.63) is 83.6 Å². The van der Waals surface area contributed by atoms with Crippen molar-refractivity contribution in [1.29, 1.82) is 0 Å². The van der Waals surface area contributed by atoms with E-state index >= 15 is 0 Å². The van der Waals surface area contributed by atoms with E-state index in [2.05, 4.69) is 22.3 Å². The van der Waals surface area contributed by atoms with Crippen LogP contribution in [0.1, 0.15) is 16.8 Å². The molecule has 24 heavy (non-hydrogen) atoms. The lowest BCUT2D eigenvalue weighted by atomic mass is 10.1. The van der Waals surface area contributed by atoms with E-state index in [1.165, 1.54) is 10.5 Å². The maximum Gasteiger partial charge on any atom is 0.320 e. The average molecular weight is 320 g/mol. The number of nitrogens with two attached hydrogens (primary N) is 1. The van der Waals surface area contributed by atoms with Crippen molar-refractivity contribution in [2.75, 3.05) is 4.90 Å². The minimum Gasteiger partial charge on any atom is -0.351 e. The summed E-state index contributed by atoms with van der Waals surface area (Å²) in [5.74, 6) is 0.620. The number of rotatable bonds is 6. The topological polar surface area (TPSA) is 75.0 Å². The molecule has 0 aliphatic carbocycles. The van der Waals surface area contributed by atoms with Gasteiger partial charge >= 0.3 is 6.03 Å². The number of anilines is 1. The van der Waals surface area contributed by atoms with Gasteiger partial charge in [-0.05, 0) is 24.0 Å². The van der Waals surface area contributed by atoms with Gasteiger partial charge in [-0.25, -0.2) is 4.79 Å². The molecule has 3 rings (SSSR count). The predicted octanol–water partition coefficient (Wildman–Crippen LogP) is 3.28. The van der Waals surface area contributed by atoms with E-state index in [9.17, 15) is 4.79 Å². The predicted molar refractivity (Wildman–Crippen MR) is 94.6 cm³/mol. The first kappa shape index (κ1) is 15.8. The Morgan fingerprint density at radius 2 is 1.58 bits per heavy atom. The van der Waals surface area contributed by atoms with E-state index in [-0.39, 0.29) is 0 Å². The molecule has 1 aromatic heterocycles.